The van der Waals surface area contributed by atoms with E-state index in [1.54, 1.807) is 0 Å². The standard InChI is InChI=1S/C15H13ClF3N3O6/c1-14(2,13(23)24)28-9-6-7(4-5-8(9)22(25)26)27-12-10(16)11(15(17,18)19)21(3)20-12/h4-6H,1-3H3,(H,23,24). The zero-order chi connectivity index (χ0) is 21.4. The second-order valence-electron chi connectivity index (χ2n) is 6.00. The van der Waals surface area contributed by atoms with Gasteiger partial charge < -0.3 is 14.6 Å². The van der Waals surface area contributed by atoms with Crippen LogP contribution in [0.4, 0.5) is 18.9 Å². The smallest absolute Gasteiger partial charge is 0.434 e. The molecule has 0 unspecified atom stereocenters. The number of alkyl halides is 3. The fourth-order valence-corrected chi connectivity index (χ4v) is 2.37. The lowest BCUT2D eigenvalue weighted by Crippen LogP contribution is -2.38. The molecule has 0 atom stereocenters. The van der Waals surface area contributed by atoms with Crippen LogP contribution in [-0.2, 0) is 18.0 Å². The molecular formula is C15H13ClF3N3O6. The van der Waals surface area contributed by atoms with E-state index in [0.29, 0.717) is 4.68 Å². The third-order valence-electron chi connectivity index (χ3n) is 3.45. The van der Waals surface area contributed by atoms with Crippen molar-refractivity contribution in [3.8, 4) is 17.4 Å². The van der Waals surface area contributed by atoms with Crippen LogP contribution in [0.25, 0.3) is 0 Å². The quantitative estimate of drug-likeness (QED) is 0.550. The first kappa shape index (κ1) is 21.3. The van der Waals surface area contributed by atoms with Crippen molar-refractivity contribution in [1.29, 1.82) is 0 Å². The molecule has 0 aliphatic rings. The maximum absolute atomic E-state index is 13.0. The van der Waals surface area contributed by atoms with E-state index >= 15 is 0 Å². The summed E-state index contributed by atoms with van der Waals surface area (Å²) in [4.78, 5) is 21.5. The van der Waals surface area contributed by atoms with E-state index in [0.717, 1.165) is 39.1 Å². The Balaban J connectivity index is 2.45. The Labute approximate surface area is 160 Å². The number of aliphatic carboxylic acids is 1. The molecular weight excluding hydrogens is 411 g/mol. The van der Waals surface area contributed by atoms with Gasteiger partial charge in [0.15, 0.2) is 11.3 Å². The van der Waals surface area contributed by atoms with E-state index < -0.39 is 50.7 Å². The van der Waals surface area contributed by atoms with Gasteiger partial charge in [0.25, 0.3) is 5.88 Å². The third kappa shape index (κ3) is 4.27. The van der Waals surface area contributed by atoms with Crippen molar-refractivity contribution >= 4 is 23.3 Å². The predicted octanol–water partition coefficient (Wildman–Crippen LogP) is 4.03. The van der Waals surface area contributed by atoms with Gasteiger partial charge in [0.2, 0.25) is 5.75 Å². The molecule has 0 bridgehead atoms. The minimum atomic E-state index is -4.78. The molecule has 1 aromatic heterocycles. The van der Waals surface area contributed by atoms with Crippen LogP contribution in [0.2, 0.25) is 5.02 Å². The van der Waals surface area contributed by atoms with Crippen molar-refractivity contribution in [1.82, 2.24) is 9.78 Å². The van der Waals surface area contributed by atoms with Crippen LogP contribution in [0.15, 0.2) is 18.2 Å². The van der Waals surface area contributed by atoms with Gasteiger partial charge in [-0.25, -0.2) is 4.79 Å². The summed E-state index contributed by atoms with van der Waals surface area (Å²) in [5.41, 5.74) is -3.63. The fourth-order valence-electron chi connectivity index (χ4n) is 2.07. The minimum absolute atomic E-state index is 0.199. The van der Waals surface area contributed by atoms with Crippen LogP contribution >= 0.6 is 11.6 Å². The number of carboxylic acids is 1. The Kier molecular flexibility index (Phi) is 5.46. The van der Waals surface area contributed by atoms with Crippen molar-refractivity contribution in [3.63, 3.8) is 0 Å². The molecule has 2 aromatic rings. The van der Waals surface area contributed by atoms with Crippen LogP contribution in [0, 0.1) is 10.1 Å². The van der Waals surface area contributed by atoms with Gasteiger partial charge in [-0.3, -0.25) is 14.8 Å². The van der Waals surface area contributed by atoms with Crippen molar-refractivity contribution in [3.05, 3.63) is 39.0 Å². The van der Waals surface area contributed by atoms with Crippen molar-refractivity contribution in [2.75, 3.05) is 0 Å². The van der Waals surface area contributed by atoms with E-state index in [-0.39, 0.29) is 5.75 Å². The van der Waals surface area contributed by atoms with E-state index in [1.165, 1.54) is 0 Å². The first-order valence-electron chi connectivity index (χ1n) is 7.42. The summed E-state index contributed by atoms with van der Waals surface area (Å²) < 4.78 is 49.8. The minimum Gasteiger partial charge on any atom is -0.478 e. The Bertz CT molecular complexity index is 942. The number of nitro benzene ring substituents is 1. The molecule has 0 amide bonds. The lowest BCUT2D eigenvalue weighted by Gasteiger charge is -2.21. The number of rotatable bonds is 6. The summed E-state index contributed by atoms with van der Waals surface area (Å²) in [5, 5.41) is 23.0. The first-order valence-corrected chi connectivity index (χ1v) is 7.80. The Hall–Kier alpha value is -3.02. The normalized spacial score (nSPS) is 12.0. The van der Waals surface area contributed by atoms with Crippen molar-refractivity contribution in [2.24, 2.45) is 7.05 Å². The van der Waals surface area contributed by atoms with Gasteiger partial charge in [0, 0.05) is 19.2 Å². The van der Waals surface area contributed by atoms with Crippen molar-refractivity contribution in [2.45, 2.75) is 25.6 Å². The zero-order valence-corrected chi connectivity index (χ0v) is 15.3. The van der Waals surface area contributed by atoms with E-state index in [2.05, 4.69) is 5.10 Å². The molecule has 0 saturated heterocycles. The number of carboxylic acid groups (broad SMARTS) is 1. The van der Waals surface area contributed by atoms with E-state index in [1.807, 2.05) is 0 Å². The fraction of sp³-hybridized carbons (Fsp3) is 0.333. The maximum atomic E-state index is 13.0. The highest BCUT2D eigenvalue weighted by Crippen LogP contribution is 2.41. The molecule has 13 heteroatoms. The van der Waals surface area contributed by atoms with Crippen LogP contribution in [0.5, 0.6) is 17.4 Å². The number of carbonyl (C=O) groups is 1. The van der Waals surface area contributed by atoms with Gasteiger partial charge in [-0.15, -0.1) is 5.10 Å². The number of hydrogen-bond donors (Lipinski definition) is 1. The highest BCUT2D eigenvalue weighted by molar-refractivity contribution is 6.32. The number of benzene rings is 1. The molecule has 0 saturated carbocycles. The Morgan fingerprint density at radius 2 is 1.96 bits per heavy atom. The lowest BCUT2D eigenvalue weighted by molar-refractivity contribution is -0.386. The summed E-state index contributed by atoms with van der Waals surface area (Å²) in [6.45, 7) is 2.33. The molecule has 152 valence electrons. The lowest BCUT2D eigenvalue weighted by atomic mass is 10.1. The van der Waals surface area contributed by atoms with Gasteiger partial charge in [-0.05, 0) is 19.9 Å². The summed E-state index contributed by atoms with van der Waals surface area (Å²) in [6, 6.07) is 2.99. The number of hydrogen-bond acceptors (Lipinski definition) is 6. The summed E-state index contributed by atoms with van der Waals surface area (Å²) in [6.07, 6.45) is -4.78. The second kappa shape index (κ2) is 7.19. The predicted molar refractivity (Wildman–Crippen MR) is 88.7 cm³/mol. The highest BCUT2D eigenvalue weighted by atomic mass is 35.5. The molecule has 1 N–H and O–H groups in total. The first-order chi connectivity index (χ1) is 12.7. The topological polar surface area (TPSA) is 117 Å². The summed E-state index contributed by atoms with van der Waals surface area (Å²) in [5.74, 6) is -2.64. The van der Waals surface area contributed by atoms with Gasteiger partial charge >= 0.3 is 17.8 Å². The SMILES string of the molecule is Cn1nc(Oc2ccc([N+](=O)[O-])c(OC(C)(C)C(=O)O)c2)c(Cl)c1C(F)(F)F. The van der Waals surface area contributed by atoms with Gasteiger partial charge in [-0.2, -0.15) is 13.2 Å². The number of nitro groups is 1. The Morgan fingerprint density at radius 1 is 1.36 bits per heavy atom. The van der Waals surface area contributed by atoms with E-state index in [4.69, 9.17) is 26.2 Å². The number of aromatic nitrogens is 2. The number of nitrogens with zero attached hydrogens (tertiary/aromatic N) is 3. The molecule has 0 spiro atoms. The summed E-state index contributed by atoms with van der Waals surface area (Å²) >= 11 is 5.69. The molecule has 0 aliphatic heterocycles. The van der Waals surface area contributed by atoms with Crippen LogP contribution in [0.3, 0.4) is 0 Å². The monoisotopic (exact) mass is 423 g/mol. The average Bonchev–Trinajstić information content (AvgIpc) is 2.80. The van der Waals surface area contributed by atoms with Crippen LogP contribution in [-0.4, -0.2) is 31.4 Å². The molecule has 28 heavy (non-hydrogen) atoms. The molecule has 0 radical (unpaired) electrons. The largest absolute Gasteiger partial charge is 0.478 e. The van der Waals surface area contributed by atoms with Crippen LogP contribution < -0.4 is 9.47 Å². The van der Waals surface area contributed by atoms with Gasteiger partial charge in [-0.1, -0.05) is 11.6 Å². The molecule has 1 heterocycles. The third-order valence-corrected chi connectivity index (χ3v) is 3.79. The summed E-state index contributed by atoms with van der Waals surface area (Å²) in [7, 11) is 1.02. The van der Waals surface area contributed by atoms with Crippen molar-refractivity contribution < 1.29 is 37.5 Å². The zero-order valence-electron chi connectivity index (χ0n) is 14.6. The second-order valence-corrected chi connectivity index (χ2v) is 6.37. The molecule has 0 aliphatic carbocycles. The maximum Gasteiger partial charge on any atom is 0.434 e. The molecule has 0 fully saturated rings. The Morgan fingerprint density at radius 3 is 2.43 bits per heavy atom. The van der Waals surface area contributed by atoms with Gasteiger partial charge in [0.05, 0.1) is 4.92 Å². The molecule has 1 aromatic carbocycles. The number of aryl methyl sites for hydroxylation is 1. The average molecular weight is 424 g/mol. The number of ether oxygens (including phenoxy) is 2. The van der Waals surface area contributed by atoms with Crippen LogP contribution in [0.1, 0.15) is 19.5 Å². The molecule has 9 nitrogen and oxygen atoms in total. The van der Waals surface area contributed by atoms with Gasteiger partial charge in [0.1, 0.15) is 10.8 Å². The van der Waals surface area contributed by atoms with E-state index in [9.17, 15) is 28.1 Å². The number of halogens is 4. The highest BCUT2D eigenvalue weighted by Gasteiger charge is 2.39. The molecule has 2 rings (SSSR count).